The van der Waals surface area contributed by atoms with Crippen molar-refractivity contribution < 1.29 is 24.5 Å². The van der Waals surface area contributed by atoms with Crippen LogP contribution in [-0.2, 0) is 20.1 Å². The van der Waals surface area contributed by atoms with Crippen LogP contribution < -0.4 is 0 Å². The molecule has 5 aromatic heterocycles. The molecule has 0 saturated heterocycles. The molecule has 0 aliphatic heterocycles. The molecule has 0 amide bonds. The molecule has 0 fully saturated rings. The molecule has 5 heterocycles. The van der Waals surface area contributed by atoms with Gasteiger partial charge in [-0.15, -0.1) is 54.1 Å². The third-order valence-electron chi connectivity index (χ3n) is 8.75. The Morgan fingerprint density at radius 3 is 2.29 bits per heavy atom. The van der Waals surface area contributed by atoms with E-state index in [0.29, 0.717) is 0 Å². The molecule has 9 aromatic rings. The van der Waals surface area contributed by atoms with E-state index in [1.807, 2.05) is 80.0 Å². The van der Waals surface area contributed by atoms with Gasteiger partial charge in [0, 0.05) is 60.5 Å². The van der Waals surface area contributed by atoms with Gasteiger partial charge in [-0.05, 0) is 78.7 Å². The minimum absolute atomic E-state index is 0. The maximum absolute atomic E-state index is 6.52. The van der Waals surface area contributed by atoms with E-state index in [-0.39, 0.29) is 20.1 Å². The maximum atomic E-state index is 6.52. The zero-order valence-electron chi connectivity index (χ0n) is 27.2. The van der Waals surface area contributed by atoms with E-state index < -0.39 is 0 Å². The number of pyridine rings is 4. The molecule has 0 N–H and O–H groups in total. The van der Waals surface area contributed by atoms with Gasteiger partial charge in [-0.2, -0.15) is 0 Å². The fourth-order valence-corrected chi connectivity index (χ4v) is 6.29. The van der Waals surface area contributed by atoms with Crippen molar-refractivity contribution in [2.75, 3.05) is 0 Å². The van der Waals surface area contributed by atoms with Crippen LogP contribution in [0.25, 0.3) is 77.4 Å². The number of hydrogen-bond donors (Lipinski definition) is 0. The summed E-state index contributed by atoms with van der Waals surface area (Å²) in [6, 6.07) is 43.1. The van der Waals surface area contributed by atoms with Gasteiger partial charge in [-0.1, -0.05) is 59.5 Å². The zero-order chi connectivity index (χ0) is 32.6. The molecule has 0 aliphatic rings. The van der Waals surface area contributed by atoms with Crippen LogP contribution in [0.4, 0.5) is 0 Å². The summed E-state index contributed by atoms with van der Waals surface area (Å²) in [5, 5.41) is 4.32. The first-order valence-corrected chi connectivity index (χ1v) is 15.9. The summed E-state index contributed by atoms with van der Waals surface area (Å²) >= 11 is 0. The van der Waals surface area contributed by atoms with Crippen molar-refractivity contribution in [1.82, 2.24) is 19.9 Å². The van der Waals surface area contributed by atoms with Crippen LogP contribution in [0.5, 0.6) is 0 Å². The Kier molecular flexibility index (Phi) is 8.83. The van der Waals surface area contributed by atoms with E-state index in [1.165, 1.54) is 11.1 Å². The first-order valence-electron chi connectivity index (χ1n) is 15.9. The van der Waals surface area contributed by atoms with Gasteiger partial charge in [0.05, 0.1) is 11.1 Å². The smallest absolute Gasteiger partial charge is 0.147 e. The van der Waals surface area contributed by atoms with Crippen molar-refractivity contribution in [2.24, 2.45) is 0 Å². The van der Waals surface area contributed by atoms with E-state index in [0.717, 1.165) is 83.1 Å². The van der Waals surface area contributed by atoms with E-state index in [9.17, 15) is 0 Å². The minimum Gasteiger partial charge on any atom is -0.498 e. The van der Waals surface area contributed by atoms with E-state index in [2.05, 4.69) is 84.5 Å². The number of fused-ring (bicyclic) bond motifs is 6. The number of hydrogen-bond acceptors (Lipinski definition) is 5. The molecular weight excluding hydrogens is 781 g/mol. The Morgan fingerprint density at radius 1 is 0.612 bits per heavy atom. The van der Waals surface area contributed by atoms with Crippen LogP contribution in [0.3, 0.4) is 0 Å². The van der Waals surface area contributed by atoms with Crippen LogP contribution in [0, 0.1) is 32.9 Å². The van der Waals surface area contributed by atoms with Gasteiger partial charge in [0.2, 0.25) is 0 Å². The van der Waals surface area contributed by atoms with Gasteiger partial charge in [0.15, 0.2) is 0 Å². The average molecular weight is 811 g/mol. The van der Waals surface area contributed by atoms with E-state index >= 15 is 0 Å². The standard InChI is InChI=1S/C32H22N3O.C11H8N.Ir/c1-18-17-34-29(16-27(18)22-13-14-28-23(20(22)3)8-5-15-33-28)26-7-4-6-24-25-12-11-21-10-9-19(2)35-30(21)32(25)36-31(24)26;1-2-6-10(7-3-1)11-8-4-5-9-12-11;/h4-6,8-17H,1-3H3;1-6,8-9H;/q2*-1;. The molecular formula is C43H30IrN4O-2. The predicted octanol–water partition coefficient (Wildman–Crippen LogP) is 10.7. The molecule has 0 saturated carbocycles. The van der Waals surface area contributed by atoms with Crippen LogP contribution in [0.15, 0.2) is 132 Å². The summed E-state index contributed by atoms with van der Waals surface area (Å²) in [5.74, 6) is 0. The summed E-state index contributed by atoms with van der Waals surface area (Å²) in [6.45, 7) is 6.26. The average Bonchev–Trinajstić information content (AvgIpc) is 3.53. The quantitative estimate of drug-likeness (QED) is 0.166. The Hall–Kier alpha value is -5.55. The summed E-state index contributed by atoms with van der Waals surface area (Å²) in [4.78, 5) is 18.3. The van der Waals surface area contributed by atoms with Gasteiger partial charge in [-0.3, -0.25) is 4.98 Å². The molecule has 6 heteroatoms. The fraction of sp³-hybridized carbons (Fsp3) is 0.0698. The summed E-state index contributed by atoms with van der Waals surface area (Å²) in [6.07, 6.45) is 5.56. The van der Waals surface area contributed by atoms with E-state index in [1.54, 1.807) is 6.20 Å². The largest absolute Gasteiger partial charge is 0.498 e. The van der Waals surface area contributed by atoms with Gasteiger partial charge in [0.1, 0.15) is 11.1 Å². The zero-order valence-corrected chi connectivity index (χ0v) is 29.5. The van der Waals surface area contributed by atoms with Crippen molar-refractivity contribution in [2.45, 2.75) is 20.8 Å². The van der Waals surface area contributed by atoms with Crippen molar-refractivity contribution >= 4 is 43.7 Å². The third-order valence-corrected chi connectivity index (χ3v) is 8.75. The Bertz CT molecular complexity index is 2560. The van der Waals surface area contributed by atoms with Crippen LogP contribution in [0.1, 0.15) is 16.8 Å². The molecule has 0 unspecified atom stereocenters. The Morgan fingerprint density at radius 2 is 1.45 bits per heavy atom. The molecule has 0 bridgehead atoms. The molecule has 0 spiro atoms. The SMILES string of the molecule is Cc1ccc2ccc3c4cc[c-]c(-c5cc(-c6ccc7ncccc7c6C)c(C)cn5)c4oc3c2n1.[Ir].[c-]1ccccc1-c1ccccn1. The summed E-state index contributed by atoms with van der Waals surface area (Å²) in [7, 11) is 0. The second-order valence-electron chi connectivity index (χ2n) is 11.8. The van der Waals surface area contributed by atoms with Gasteiger partial charge in [0.25, 0.3) is 0 Å². The summed E-state index contributed by atoms with van der Waals surface area (Å²) < 4.78 is 6.52. The number of nitrogens with zero attached hydrogens (tertiary/aromatic N) is 4. The third kappa shape index (κ3) is 6.02. The molecule has 49 heavy (non-hydrogen) atoms. The predicted molar refractivity (Wildman–Crippen MR) is 195 cm³/mol. The van der Waals surface area contributed by atoms with Gasteiger partial charge >= 0.3 is 0 Å². The molecule has 5 nitrogen and oxygen atoms in total. The first-order chi connectivity index (χ1) is 23.5. The van der Waals surface area contributed by atoms with Crippen LogP contribution >= 0.6 is 0 Å². The van der Waals surface area contributed by atoms with Crippen molar-refractivity contribution in [3.63, 3.8) is 0 Å². The van der Waals surface area contributed by atoms with Gasteiger partial charge < -0.3 is 14.4 Å². The normalized spacial score (nSPS) is 11.0. The van der Waals surface area contributed by atoms with Crippen molar-refractivity contribution in [1.29, 1.82) is 0 Å². The molecule has 4 aromatic carbocycles. The second-order valence-corrected chi connectivity index (χ2v) is 11.8. The number of benzene rings is 4. The number of aromatic nitrogens is 4. The maximum Gasteiger partial charge on any atom is 0.147 e. The minimum atomic E-state index is 0. The van der Waals surface area contributed by atoms with Crippen molar-refractivity contribution in [3.05, 3.63) is 157 Å². The van der Waals surface area contributed by atoms with Crippen molar-refractivity contribution in [3.8, 4) is 33.6 Å². The fourth-order valence-electron chi connectivity index (χ4n) is 6.29. The van der Waals surface area contributed by atoms with Gasteiger partial charge in [-0.25, -0.2) is 4.98 Å². The van der Waals surface area contributed by atoms with E-state index in [4.69, 9.17) is 14.4 Å². The molecule has 9 rings (SSSR count). The Balaban J connectivity index is 0.000000246. The molecule has 1 radical (unpaired) electrons. The summed E-state index contributed by atoms with van der Waals surface area (Å²) in [5.41, 5.74) is 12.8. The van der Waals surface area contributed by atoms with Crippen LogP contribution in [0.2, 0.25) is 0 Å². The second kappa shape index (κ2) is 13.5. The monoisotopic (exact) mass is 811 g/mol. The molecule has 239 valence electrons. The number of rotatable bonds is 3. The molecule has 0 aliphatic carbocycles. The van der Waals surface area contributed by atoms with Crippen LogP contribution in [-0.4, -0.2) is 19.9 Å². The number of aryl methyl sites for hydroxylation is 3. The molecule has 0 atom stereocenters. The topological polar surface area (TPSA) is 64.7 Å². The Labute approximate surface area is 298 Å². The first kappa shape index (κ1) is 32.0. The number of furan rings is 1.